The average molecular weight is 679 g/mol. The molecule has 0 saturated carbocycles. The van der Waals surface area contributed by atoms with Gasteiger partial charge in [-0.15, -0.1) is 0 Å². The van der Waals surface area contributed by atoms with Gasteiger partial charge in [0.2, 0.25) is 17.7 Å². The van der Waals surface area contributed by atoms with Crippen LogP contribution in [0.15, 0.2) is 72.8 Å². The molecule has 3 aromatic rings. The predicted octanol–water partition coefficient (Wildman–Crippen LogP) is 4.31. The molecule has 3 aromatic carbocycles. The fraction of sp³-hybridized carbons (Fsp3) is 0.447. The minimum atomic E-state index is -1.16. The van der Waals surface area contributed by atoms with E-state index in [9.17, 15) is 28.3 Å². The van der Waals surface area contributed by atoms with Gasteiger partial charge < -0.3 is 30.7 Å². The summed E-state index contributed by atoms with van der Waals surface area (Å²) in [6, 6.07) is 18.2. The van der Waals surface area contributed by atoms with E-state index in [4.69, 9.17) is 4.74 Å². The van der Waals surface area contributed by atoms with Crippen LogP contribution in [0.5, 0.6) is 5.75 Å². The Morgan fingerprint density at radius 1 is 1.00 bits per heavy atom. The topological polar surface area (TPSA) is 120 Å². The fourth-order valence-electron chi connectivity index (χ4n) is 6.63. The Labute approximate surface area is 287 Å². The third-order valence-electron chi connectivity index (χ3n) is 9.46. The molecular weight excluding hydrogens is 630 g/mol. The first-order chi connectivity index (χ1) is 23.4. The fourth-order valence-corrected chi connectivity index (χ4v) is 6.63. The number of amides is 3. The van der Waals surface area contributed by atoms with Crippen LogP contribution in [-0.4, -0.2) is 71.7 Å². The summed E-state index contributed by atoms with van der Waals surface area (Å²) in [5.41, 5.74) is 1.01. The molecule has 1 fully saturated rings. The second kappa shape index (κ2) is 17.3. The standard InChI is InChI=1S/C38H48F2N4O5/c1-5-25(2)38(43-26(3)45)16-17-44(37(38)48)34(15-14-27-10-7-6-8-11-27)36(47)42-33(21-29-18-30(39)22-31(40)19-29)35(46)24-41-23-28-12-9-13-32(20-28)49-4/h6-13,18-20,22,25,33-35,41,46H,5,14-17,21,23-24H2,1-4H3,(H,42,47)(H,43,45)/t25-,33?,34?,35+,38-/m0/s1. The summed E-state index contributed by atoms with van der Waals surface area (Å²) in [5.74, 6) is -2.18. The molecule has 11 heteroatoms. The first kappa shape index (κ1) is 37.5. The van der Waals surface area contributed by atoms with Crippen molar-refractivity contribution in [2.75, 3.05) is 20.2 Å². The molecule has 1 saturated heterocycles. The maximum atomic E-state index is 14.3. The molecule has 4 rings (SSSR count). The zero-order valence-electron chi connectivity index (χ0n) is 28.7. The lowest BCUT2D eigenvalue weighted by molar-refractivity contribution is -0.144. The van der Waals surface area contributed by atoms with Gasteiger partial charge in [0.05, 0.1) is 19.3 Å². The smallest absolute Gasteiger partial charge is 0.249 e. The molecule has 5 atom stereocenters. The zero-order chi connectivity index (χ0) is 35.6. The van der Waals surface area contributed by atoms with E-state index in [1.165, 1.54) is 24.0 Å². The molecule has 9 nitrogen and oxygen atoms in total. The highest BCUT2D eigenvalue weighted by atomic mass is 19.1. The molecule has 1 aliphatic rings. The number of halogens is 2. The predicted molar refractivity (Wildman–Crippen MR) is 184 cm³/mol. The Hall–Kier alpha value is -4.35. The number of aryl methyl sites for hydroxylation is 1. The summed E-state index contributed by atoms with van der Waals surface area (Å²) in [6.45, 7) is 5.94. The lowest BCUT2D eigenvalue weighted by Gasteiger charge is -2.36. The van der Waals surface area contributed by atoms with Crippen molar-refractivity contribution >= 4 is 17.7 Å². The van der Waals surface area contributed by atoms with Gasteiger partial charge in [-0.3, -0.25) is 14.4 Å². The van der Waals surface area contributed by atoms with Gasteiger partial charge in [-0.05, 0) is 72.6 Å². The van der Waals surface area contributed by atoms with Crippen molar-refractivity contribution in [3.05, 3.63) is 101 Å². The molecule has 4 N–H and O–H groups in total. The van der Waals surface area contributed by atoms with Gasteiger partial charge >= 0.3 is 0 Å². The Balaban J connectivity index is 1.60. The quantitative estimate of drug-likeness (QED) is 0.169. The maximum Gasteiger partial charge on any atom is 0.249 e. The minimum Gasteiger partial charge on any atom is -0.497 e. The average Bonchev–Trinajstić information content (AvgIpc) is 3.39. The molecule has 0 radical (unpaired) electrons. The Morgan fingerprint density at radius 2 is 1.69 bits per heavy atom. The molecule has 49 heavy (non-hydrogen) atoms. The van der Waals surface area contributed by atoms with Gasteiger partial charge in [-0.1, -0.05) is 62.7 Å². The number of carbonyl (C=O) groups excluding carboxylic acids is 3. The van der Waals surface area contributed by atoms with Crippen molar-refractivity contribution in [2.45, 2.75) is 83.1 Å². The Bertz CT molecular complexity index is 1550. The molecule has 264 valence electrons. The largest absolute Gasteiger partial charge is 0.497 e. The molecule has 2 unspecified atom stereocenters. The highest BCUT2D eigenvalue weighted by Crippen LogP contribution is 2.34. The lowest BCUT2D eigenvalue weighted by atomic mass is 9.81. The van der Waals surface area contributed by atoms with Gasteiger partial charge in [0.1, 0.15) is 29.0 Å². The van der Waals surface area contributed by atoms with Crippen molar-refractivity contribution in [3.63, 3.8) is 0 Å². The number of nitrogens with zero attached hydrogens (tertiary/aromatic N) is 1. The molecule has 1 aliphatic heterocycles. The first-order valence-electron chi connectivity index (χ1n) is 16.9. The summed E-state index contributed by atoms with van der Waals surface area (Å²) < 4.78 is 33.7. The molecule has 0 aromatic heterocycles. The number of rotatable bonds is 17. The van der Waals surface area contributed by atoms with Crippen LogP contribution >= 0.6 is 0 Å². The SMILES string of the molecule is CC[C@H](C)[C@@]1(NC(C)=O)CCN(C(CCc2ccccc2)C(=O)NC(Cc2cc(F)cc(F)c2)[C@H](O)CNCc2cccc(OC)c2)C1=O. The number of aliphatic hydroxyl groups excluding tert-OH is 1. The van der Waals surface area contributed by atoms with Crippen LogP contribution in [0, 0.1) is 17.6 Å². The summed E-state index contributed by atoms with van der Waals surface area (Å²) in [4.78, 5) is 42.3. The number of ether oxygens (including phenoxy) is 1. The normalized spacial score (nSPS) is 18.4. The summed E-state index contributed by atoms with van der Waals surface area (Å²) in [5, 5.41) is 20.5. The Kier molecular flexibility index (Phi) is 13.3. The van der Waals surface area contributed by atoms with E-state index in [2.05, 4.69) is 16.0 Å². The van der Waals surface area contributed by atoms with E-state index >= 15 is 0 Å². The van der Waals surface area contributed by atoms with Crippen LogP contribution in [0.4, 0.5) is 8.78 Å². The first-order valence-corrected chi connectivity index (χ1v) is 16.9. The third-order valence-corrected chi connectivity index (χ3v) is 9.46. The molecule has 0 spiro atoms. The van der Waals surface area contributed by atoms with Gasteiger partial charge in [-0.25, -0.2) is 8.78 Å². The van der Waals surface area contributed by atoms with E-state index in [1.54, 1.807) is 7.11 Å². The number of nitrogens with one attached hydrogen (secondary N) is 3. The van der Waals surface area contributed by atoms with E-state index in [0.717, 1.165) is 17.2 Å². The lowest BCUT2D eigenvalue weighted by Crippen LogP contribution is -2.60. The highest BCUT2D eigenvalue weighted by Gasteiger charge is 2.53. The number of carbonyl (C=O) groups is 3. The van der Waals surface area contributed by atoms with E-state index < -0.39 is 41.3 Å². The number of hydrogen-bond acceptors (Lipinski definition) is 6. The molecule has 3 amide bonds. The maximum absolute atomic E-state index is 14.3. The molecule has 0 bridgehead atoms. The molecule has 1 heterocycles. The van der Waals surface area contributed by atoms with Crippen molar-refractivity contribution in [1.82, 2.24) is 20.9 Å². The van der Waals surface area contributed by atoms with Crippen LogP contribution in [0.25, 0.3) is 0 Å². The number of hydrogen-bond donors (Lipinski definition) is 4. The second-order valence-electron chi connectivity index (χ2n) is 12.9. The monoisotopic (exact) mass is 678 g/mol. The van der Waals surface area contributed by atoms with Gasteiger partial charge in [0.25, 0.3) is 0 Å². The van der Waals surface area contributed by atoms with Crippen molar-refractivity contribution in [3.8, 4) is 5.75 Å². The van der Waals surface area contributed by atoms with Crippen LogP contribution in [0.2, 0.25) is 0 Å². The third kappa shape index (κ3) is 9.86. The van der Waals surface area contributed by atoms with Gasteiger partial charge in [0, 0.05) is 32.6 Å². The Morgan fingerprint density at radius 3 is 2.35 bits per heavy atom. The summed E-state index contributed by atoms with van der Waals surface area (Å²) in [6.07, 6.45) is 0.529. The van der Waals surface area contributed by atoms with Crippen LogP contribution in [0.3, 0.4) is 0 Å². The number of benzene rings is 3. The van der Waals surface area contributed by atoms with E-state index in [1.807, 2.05) is 68.4 Å². The van der Waals surface area contributed by atoms with E-state index in [0.29, 0.717) is 31.6 Å². The summed E-state index contributed by atoms with van der Waals surface area (Å²) in [7, 11) is 1.58. The van der Waals surface area contributed by atoms with Crippen molar-refractivity contribution in [1.29, 1.82) is 0 Å². The highest BCUT2D eigenvalue weighted by molar-refractivity contribution is 5.96. The molecule has 0 aliphatic carbocycles. The van der Waals surface area contributed by atoms with Crippen LogP contribution in [-0.2, 0) is 33.8 Å². The van der Waals surface area contributed by atoms with Gasteiger partial charge in [-0.2, -0.15) is 0 Å². The van der Waals surface area contributed by atoms with Crippen molar-refractivity contribution < 1.29 is 33.0 Å². The number of methoxy groups -OCH3 is 1. The van der Waals surface area contributed by atoms with Crippen LogP contribution in [0.1, 0.15) is 56.7 Å². The number of likely N-dealkylation sites (tertiary alicyclic amines) is 1. The van der Waals surface area contributed by atoms with Crippen LogP contribution < -0.4 is 20.7 Å². The minimum absolute atomic E-state index is 0.0525. The zero-order valence-corrected chi connectivity index (χ0v) is 28.7. The summed E-state index contributed by atoms with van der Waals surface area (Å²) >= 11 is 0. The van der Waals surface area contributed by atoms with E-state index in [-0.39, 0.29) is 49.2 Å². The second-order valence-corrected chi connectivity index (χ2v) is 12.9. The number of aliphatic hydroxyl groups is 1. The van der Waals surface area contributed by atoms with Gasteiger partial charge in [0.15, 0.2) is 0 Å². The van der Waals surface area contributed by atoms with Crippen molar-refractivity contribution in [2.24, 2.45) is 5.92 Å². The molecular formula is C38H48F2N4O5.